The van der Waals surface area contributed by atoms with Crippen LogP contribution >= 0.6 is 0 Å². The Morgan fingerprint density at radius 2 is 2.05 bits per heavy atom. The summed E-state index contributed by atoms with van der Waals surface area (Å²) in [4.78, 5) is 3.26. The van der Waals surface area contributed by atoms with Gasteiger partial charge in [-0.3, -0.25) is 0 Å². The second-order valence-corrected chi connectivity index (χ2v) is 7.19. The van der Waals surface area contributed by atoms with Crippen molar-refractivity contribution in [1.82, 2.24) is 20.2 Å². The molecule has 0 aromatic carbocycles. The first-order chi connectivity index (χ1) is 10.6. The summed E-state index contributed by atoms with van der Waals surface area (Å²) in [5.74, 6) is 1.57. The molecule has 3 rings (SSSR count). The molecule has 7 nitrogen and oxygen atoms in total. The molecule has 3 heterocycles. The van der Waals surface area contributed by atoms with E-state index in [1.807, 2.05) is 4.68 Å². The van der Waals surface area contributed by atoms with Gasteiger partial charge < -0.3 is 14.5 Å². The predicted octanol–water partition coefficient (Wildman–Crippen LogP) is -2.04. The van der Waals surface area contributed by atoms with E-state index in [1.165, 1.54) is 26.2 Å². The maximum Gasteiger partial charge on any atom is 0.209 e. The number of nitrogens with zero attached hydrogens (tertiary/aromatic N) is 4. The van der Waals surface area contributed by atoms with E-state index in [0.717, 1.165) is 31.8 Å². The van der Waals surface area contributed by atoms with Crippen LogP contribution in [0.25, 0.3) is 0 Å². The normalized spacial score (nSPS) is 30.8. The second kappa shape index (κ2) is 7.02. The lowest BCUT2D eigenvalue weighted by Gasteiger charge is -2.34. The Morgan fingerprint density at radius 1 is 1.27 bits per heavy atom. The van der Waals surface area contributed by atoms with Crippen LogP contribution in [0.1, 0.15) is 38.6 Å². The molecule has 0 radical (unpaired) electrons. The molecule has 2 N–H and O–H groups in total. The number of hydrogen-bond donors (Lipinski definition) is 2. The highest BCUT2D eigenvalue weighted by atomic mass is 16.5. The van der Waals surface area contributed by atoms with Crippen LogP contribution in [0.4, 0.5) is 0 Å². The maximum atomic E-state index is 5.75. The average molecular weight is 310 g/mol. The highest BCUT2D eigenvalue weighted by molar-refractivity contribution is 4.90. The van der Waals surface area contributed by atoms with Gasteiger partial charge >= 0.3 is 0 Å². The summed E-state index contributed by atoms with van der Waals surface area (Å²) in [6, 6.07) is 0.379. The minimum absolute atomic E-state index is 0.280. The summed E-state index contributed by atoms with van der Waals surface area (Å²) in [7, 11) is 2.28. The second-order valence-electron chi connectivity index (χ2n) is 7.19. The molecule has 2 saturated heterocycles. The van der Waals surface area contributed by atoms with Crippen LogP contribution in [0.2, 0.25) is 0 Å². The standard InChI is InChI=1S/C15H28N6O/c1-12(2)14(20-8-6-19(3)7-9-20)15-16-17-18-21(15)11-13-5-4-10-22-13/h12-14H,4-11H2,1-3H3/p+2/t13-,14+/m0/s1. The maximum absolute atomic E-state index is 5.75. The number of likely N-dealkylation sites (N-methyl/N-ethyl adjacent to an activating group) is 1. The van der Waals surface area contributed by atoms with Gasteiger partial charge in [-0.05, 0) is 23.3 Å². The summed E-state index contributed by atoms with van der Waals surface area (Å²) in [5.41, 5.74) is 0. The van der Waals surface area contributed by atoms with E-state index >= 15 is 0 Å². The summed E-state index contributed by atoms with van der Waals surface area (Å²) in [5, 5.41) is 12.6. The lowest BCUT2D eigenvalue weighted by molar-refractivity contribution is -1.02. The highest BCUT2D eigenvalue weighted by Gasteiger charge is 2.36. The van der Waals surface area contributed by atoms with E-state index in [1.54, 1.807) is 9.80 Å². The fraction of sp³-hybridized carbons (Fsp3) is 0.933. The van der Waals surface area contributed by atoms with Gasteiger partial charge in [0.25, 0.3) is 0 Å². The third-order valence-electron chi connectivity index (χ3n) is 5.09. The van der Waals surface area contributed by atoms with Gasteiger partial charge in [-0.15, -0.1) is 5.10 Å². The third kappa shape index (κ3) is 3.47. The van der Waals surface area contributed by atoms with Crippen molar-refractivity contribution in [1.29, 1.82) is 0 Å². The molecule has 1 aromatic heterocycles. The van der Waals surface area contributed by atoms with E-state index in [-0.39, 0.29) is 6.10 Å². The zero-order chi connectivity index (χ0) is 15.5. The molecule has 2 atom stereocenters. The molecule has 2 aliphatic heterocycles. The van der Waals surface area contributed by atoms with E-state index in [9.17, 15) is 0 Å². The zero-order valence-corrected chi connectivity index (χ0v) is 14.1. The molecule has 2 aliphatic rings. The van der Waals surface area contributed by atoms with Gasteiger partial charge in [0.05, 0.1) is 19.7 Å². The Kier molecular flexibility index (Phi) is 5.05. The van der Waals surface area contributed by atoms with Gasteiger partial charge in [0.2, 0.25) is 5.82 Å². The Hall–Kier alpha value is -1.05. The fourth-order valence-electron chi connectivity index (χ4n) is 3.81. The summed E-state index contributed by atoms with van der Waals surface area (Å²) in [6.07, 6.45) is 2.56. The lowest BCUT2D eigenvalue weighted by atomic mass is 10.0. The number of tetrazole rings is 1. The van der Waals surface area contributed by atoms with Gasteiger partial charge in [-0.25, -0.2) is 4.68 Å². The minimum atomic E-state index is 0.280. The molecular weight excluding hydrogens is 280 g/mol. The lowest BCUT2D eigenvalue weighted by Crippen LogP contribution is -3.27. The number of quaternary nitrogens is 2. The van der Waals surface area contributed by atoms with E-state index < -0.39 is 0 Å². The van der Waals surface area contributed by atoms with Crippen LogP contribution in [0.5, 0.6) is 0 Å². The smallest absolute Gasteiger partial charge is 0.209 e. The number of piperazine rings is 1. The van der Waals surface area contributed by atoms with Crippen molar-refractivity contribution < 1.29 is 14.5 Å². The molecule has 124 valence electrons. The van der Waals surface area contributed by atoms with Crippen LogP contribution in [-0.2, 0) is 11.3 Å². The number of nitrogens with one attached hydrogen (secondary N) is 2. The first kappa shape index (κ1) is 15.8. The average Bonchev–Trinajstić information content (AvgIpc) is 3.14. The highest BCUT2D eigenvalue weighted by Crippen LogP contribution is 2.19. The first-order valence-corrected chi connectivity index (χ1v) is 8.68. The van der Waals surface area contributed by atoms with E-state index in [2.05, 4.69) is 36.4 Å². The van der Waals surface area contributed by atoms with E-state index in [4.69, 9.17) is 4.74 Å². The van der Waals surface area contributed by atoms with Crippen LogP contribution in [-0.4, -0.2) is 66.1 Å². The Bertz CT molecular complexity index is 462. The SMILES string of the molecule is CC(C)[C@H](c1nnnn1C[C@@H]1CCCO1)[NH+]1CC[NH+](C)CC1. The van der Waals surface area contributed by atoms with Crippen LogP contribution in [0, 0.1) is 5.92 Å². The van der Waals surface area contributed by atoms with Crippen molar-refractivity contribution in [3.8, 4) is 0 Å². The van der Waals surface area contributed by atoms with Crippen molar-refractivity contribution in [3.63, 3.8) is 0 Å². The number of ether oxygens (including phenoxy) is 1. The molecule has 0 unspecified atom stereocenters. The monoisotopic (exact) mass is 310 g/mol. The quantitative estimate of drug-likeness (QED) is 0.658. The molecule has 0 aliphatic carbocycles. The molecular formula is C15H30N6O+2. The molecule has 0 bridgehead atoms. The van der Waals surface area contributed by atoms with Crippen molar-refractivity contribution in [2.75, 3.05) is 39.8 Å². The summed E-state index contributed by atoms with van der Waals surface area (Å²) < 4.78 is 7.75. The number of aromatic nitrogens is 4. The van der Waals surface area contributed by atoms with Crippen LogP contribution in [0.3, 0.4) is 0 Å². The Balaban J connectivity index is 1.75. The van der Waals surface area contributed by atoms with Gasteiger partial charge in [0.15, 0.2) is 6.04 Å². The predicted molar refractivity (Wildman–Crippen MR) is 81.7 cm³/mol. The van der Waals surface area contributed by atoms with Gasteiger partial charge in [-0.1, -0.05) is 13.8 Å². The van der Waals surface area contributed by atoms with Crippen molar-refractivity contribution >= 4 is 0 Å². The number of hydrogen-bond acceptors (Lipinski definition) is 4. The van der Waals surface area contributed by atoms with Crippen molar-refractivity contribution in [2.24, 2.45) is 5.92 Å². The molecule has 7 heteroatoms. The molecule has 2 fully saturated rings. The molecule has 0 amide bonds. The Labute approximate surface area is 132 Å². The molecule has 0 saturated carbocycles. The summed E-state index contributed by atoms with van der Waals surface area (Å²) >= 11 is 0. The van der Waals surface area contributed by atoms with Crippen LogP contribution < -0.4 is 9.80 Å². The third-order valence-corrected chi connectivity index (χ3v) is 5.09. The minimum Gasteiger partial charge on any atom is -0.376 e. The van der Waals surface area contributed by atoms with Gasteiger partial charge in [-0.2, -0.15) is 0 Å². The van der Waals surface area contributed by atoms with Gasteiger partial charge in [0, 0.05) is 12.5 Å². The van der Waals surface area contributed by atoms with Crippen molar-refractivity contribution in [2.45, 2.75) is 45.4 Å². The number of rotatable bonds is 5. The topological polar surface area (TPSA) is 61.7 Å². The van der Waals surface area contributed by atoms with E-state index in [0.29, 0.717) is 12.0 Å². The van der Waals surface area contributed by atoms with Crippen LogP contribution in [0.15, 0.2) is 0 Å². The summed E-state index contributed by atoms with van der Waals surface area (Å²) in [6.45, 7) is 11.1. The fourth-order valence-corrected chi connectivity index (χ4v) is 3.81. The largest absolute Gasteiger partial charge is 0.376 e. The first-order valence-electron chi connectivity index (χ1n) is 8.68. The molecule has 1 aromatic rings. The van der Waals surface area contributed by atoms with Gasteiger partial charge in [0.1, 0.15) is 26.2 Å². The molecule has 0 spiro atoms. The van der Waals surface area contributed by atoms with Crippen molar-refractivity contribution in [3.05, 3.63) is 5.82 Å². The zero-order valence-electron chi connectivity index (χ0n) is 14.1. The Morgan fingerprint density at radius 3 is 2.68 bits per heavy atom. The molecule has 22 heavy (non-hydrogen) atoms.